The van der Waals surface area contributed by atoms with Crippen LogP contribution in [0.3, 0.4) is 0 Å². The molecule has 6 nitrogen and oxygen atoms in total. The second kappa shape index (κ2) is 9.50. The fraction of sp³-hybridized carbons (Fsp3) is 0.533. The maximum Gasteiger partial charge on any atom is 0.345 e. The van der Waals surface area contributed by atoms with Crippen LogP contribution in [-0.2, 0) is 14.3 Å². The van der Waals surface area contributed by atoms with Crippen molar-refractivity contribution in [3.8, 4) is 11.5 Å². The highest BCUT2D eigenvalue weighted by molar-refractivity contribution is 5.85. The van der Waals surface area contributed by atoms with E-state index < -0.39 is 5.97 Å². The monoisotopic (exact) mass is 331 g/mol. The second-order valence-corrected chi connectivity index (χ2v) is 4.68. The summed E-state index contributed by atoms with van der Waals surface area (Å²) in [6.07, 6.45) is -0.275. The first-order valence-electron chi connectivity index (χ1n) is 6.98. The number of para-hydroxylation sites is 2. The molecule has 1 heterocycles. The molecule has 124 valence electrons. The van der Waals surface area contributed by atoms with E-state index in [1.165, 1.54) is 0 Å². The molecule has 1 fully saturated rings. The van der Waals surface area contributed by atoms with Crippen molar-refractivity contribution in [2.75, 3.05) is 40.0 Å². The smallest absolute Gasteiger partial charge is 0.345 e. The Morgan fingerprint density at radius 2 is 1.91 bits per heavy atom. The minimum Gasteiger partial charge on any atom is -0.493 e. The lowest BCUT2D eigenvalue weighted by molar-refractivity contribution is -0.163. The van der Waals surface area contributed by atoms with Crippen LogP contribution in [-0.4, -0.2) is 57.1 Å². The standard InChI is InChI=1S/C15H21NO5.ClH/c1-12(16-7-9-19-10-8-16)21-15(17)11-20-14-6-4-3-5-13(14)18-2;/h3-6,12H,7-11H2,1-2H3;1H. The minimum absolute atomic E-state index is 0. The van der Waals surface area contributed by atoms with Crippen LogP contribution in [0.4, 0.5) is 0 Å². The number of hydrogen-bond donors (Lipinski definition) is 0. The molecule has 0 amide bonds. The molecular weight excluding hydrogens is 310 g/mol. The van der Waals surface area contributed by atoms with E-state index in [4.69, 9.17) is 18.9 Å². The predicted octanol–water partition coefficient (Wildman–Crippen LogP) is 1.72. The van der Waals surface area contributed by atoms with Crippen LogP contribution in [0.2, 0.25) is 0 Å². The molecule has 0 N–H and O–H groups in total. The maximum absolute atomic E-state index is 11.8. The molecule has 1 unspecified atom stereocenters. The number of esters is 1. The zero-order valence-corrected chi connectivity index (χ0v) is 13.6. The van der Waals surface area contributed by atoms with Crippen molar-refractivity contribution in [1.29, 1.82) is 0 Å². The highest BCUT2D eigenvalue weighted by Gasteiger charge is 2.20. The van der Waals surface area contributed by atoms with Gasteiger partial charge in [-0.05, 0) is 19.1 Å². The van der Waals surface area contributed by atoms with Gasteiger partial charge in [-0.25, -0.2) is 4.79 Å². The number of benzene rings is 1. The summed E-state index contributed by atoms with van der Waals surface area (Å²) in [5, 5.41) is 0. The van der Waals surface area contributed by atoms with Gasteiger partial charge in [0.25, 0.3) is 0 Å². The molecule has 2 rings (SSSR count). The summed E-state index contributed by atoms with van der Waals surface area (Å²) in [4.78, 5) is 13.9. The van der Waals surface area contributed by atoms with E-state index >= 15 is 0 Å². The Hall–Kier alpha value is -1.50. The van der Waals surface area contributed by atoms with Gasteiger partial charge in [-0.1, -0.05) is 12.1 Å². The van der Waals surface area contributed by atoms with Crippen LogP contribution in [0, 0.1) is 0 Å². The molecule has 1 aromatic rings. The molecule has 7 heteroatoms. The van der Waals surface area contributed by atoms with Crippen molar-refractivity contribution >= 4 is 18.4 Å². The van der Waals surface area contributed by atoms with Gasteiger partial charge in [-0.3, -0.25) is 4.90 Å². The van der Waals surface area contributed by atoms with Gasteiger partial charge in [0.05, 0.1) is 20.3 Å². The van der Waals surface area contributed by atoms with Crippen LogP contribution in [0.5, 0.6) is 11.5 Å². The highest BCUT2D eigenvalue weighted by atomic mass is 35.5. The Balaban J connectivity index is 0.00000242. The van der Waals surface area contributed by atoms with Crippen molar-refractivity contribution < 1.29 is 23.7 Å². The molecular formula is C15H22ClNO5. The predicted molar refractivity (Wildman–Crippen MR) is 83.7 cm³/mol. The van der Waals surface area contributed by atoms with E-state index in [2.05, 4.69) is 4.90 Å². The summed E-state index contributed by atoms with van der Waals surface area (Å²) < 4.78 is 21.2. The minimum atomic E-state index is -0.403. The van der Waals surface area contributed by atoms with E-state index in [0.717, 1.165) is 13.1 Å². The lowest BCUT2D eigenvalue weighted by Gasteiger charge is -2.31. The second-order valence-electron chi connectivity index (χ2n) is 4.68. The van der Waals surface area contributed by atoms with Crippen molar-refractivity contribution in [3.05, 3.63) is 24.3 Å². The van der Waals surface area contributed by atoms with Crippen LogP contribution in [0.25, 0.3) is 0 Å². The maximum atomic E-state index is 11.8. The third kappa shape index (κ3) is 5.36. The molecule has 0 aromatic heterocycles. The van der Waals surface area contributed by atoms with Crippen LogP contribution >= 0.6 is 12.4 Å². The first-order valence-corrected chi connectivity index (χ1v) is 6.98. The zero-order valence-electron chi connectivity index (χ0n) is 12.8. The fourth-order valence-electron chi connectivity index (χ4n) is 2.11. The van der Waals surface area contributed by atoms with Crippen molar-refractivity contribution in [1.82, 2.24) is 4.90 Å². The number of rotatable bonds is 6. The van der Waals surface area contributed by atoms with Gasteiger partial charge in [-0.15, -0.1) is 12.4 Å². The van der Waals surface area contributed by atoms with Crippen LogP contribution in [0.1, 0.15) is 6.92 Å². The van der Waals surface area contributed by atoms with Gasteiger partial charge in [0, 0.05) is 13.1 Å². The third-order valence-corrected chi connectivity index (χ3v) is 3.28. The van der Waals surface area contributed by atoms with Gasteiger partial charge in [0.2, 0.25) is 0 Å². The van der Waals surface area contributed by atoms with E-state index in [9.17, 15) is 4.79 Å². The first-order chi connectivity index (χ1) is 10.2. The molecule has 0 radical (unpaired) electrons. The average molecular weight is 332 g/mol. The number of carbonyl (C=O) groups is 1. The summed E-state index contributed by atoms with van der Waals surface area (Å²) >= 11 is 0. The first kappa shape index (κ1) is 18.5. The quantitative estimate of drug-likeness (QED) is 0.740. The van der Waals surface area contributed by atoms with Gasteiger partial charge in [-0.2, -0.15) is 0 Å². The Bertz CT molecular complexity index is 465. The van der Waals surface area contributed by atoms with Gasteiger partial charge < -0.3 is 18.9 Å². The van der Waals surface area contributed by atoms with Crippen LogP contribution in [0.15, 0.2) is 24.3 Å². The SMILES string of the molecule is COc1ccccc1OCC(=O)OC(C)N1CCOCC1.Cl. The summed E-state index contributed by atoms with van der Waals surface area (Å²) in [6.45, 7) is 4.57. The molecule has 1 aliphatic rings. The lowest BCUT2D eigenvalue weighted by atomic mass is 10.3. The number of nitrogens with zero attached hydrogens (tertiary/aromatic N) is 1. The summed E-state index contributed by atoms with van der Waals surface area (Å²) in [5.41, 5.74) is 0. The summed E-state index contributed by atoms with van der Waals surface area (Å²) in [5.74, 6) is 0.711. The molecule has 0 bridgehead atoms. The van der Waals surface area contributed by atoms with E-state index in [-0.39, 0.29) is 25.2 Å². The number of halogens is 1. The third-order valence-electron chi connectivity index (χ3n) is 3.28. The Morgan fingerprint density at radius 1 is 1.27 bits per heavy atom. The number of morpholine rings is 1. The number of carbonyl (C=O) groups excluding carboxylic acids is 1. The molecule has 1 atom stereocenters. The molecule has 1 aliphatic heterocycles. The largest absolute Gasteiger partial charge is 0.493 e. The Kier molecular flexibility index (Phi) is 8.01. The normalized spacial score (nSPS) is 16.3. The fourth-order valence-corrected chi connectivity index (χ4v) is 2.11. The molecule has 1 aromatic carbocycles. The number of ether oxygens (including phenoxy) is 4. The zero-order chi connectivity index (χ0) is 15.1. The van der Waals surface area contributed by atoms with Gasteiger partial charge in [0.1, 0.15) is 0 Å². The summed E-state index contributed by atoms with van der Waals surface area (Å²) in [6, 6.07) is 7.18. The number of hydrogen-bond acceptors (Lipinski definition) is 6. The van der Waals surface area contributed by atoms with Crippen LogP contribution < -0.4 is 9.47 Å². The lowest BCUT2D eigenvalue weighted by Crippen LogP contribution is -2.44. The molecule has 0 aliphatic carbocycles. The van der Waals surface area contributed by atoms with Crippen molar-refractivity contribution in [3.63, 3.8) is 0 Å². The van der Waals surface area contributed by atoms with E-state index in [1.807, 2.05) is 19.1 Å². The topological polar surface area (TPSA) is 57.2 Å². The highest BCUT2D eigenvalue weighted by Crippen LogP contribution is 2.25. The van der Waals surface area contributed by atoms with Gasteiger partial charge in [0.15, 0.2) is 24.3 Å². The average Bonchev–Trinajstić information content (AvgIpc) is 2.54. The van der Waals surface area contributed by atoms with E-state index in [1.54, 1.807) is 19.2 Å². The van der Waals surface area contributed by atoms with E-state index in [0.29, 0.717) is 24.7 Å². The van der Waals surface area contributed by atoms with Crippen molar-refractivity contribution in [2.24, 2.45) is 0 Å². The molecule has 0 spiro atoms. The summed E-state index contributed by atoms with van der Waals surface area (Å²) in [7, 11) is 1.56. The Morgan fingerprint density at radius 3 is 2.55 bits per heavy atom. The molecule has 1 saturated heterocycles. The van der Waals surface area contributed by atoms with Gasteiger partial charge >= 0.3 is 5.97 Å². The van der Waals surface area contributed by atoms with Crippen molar-refractivity contribution in [2.45, 2.75) is 13.2 Å². The Labute approximate surface area is 136 Å². The molecule has 22 heavy (non-hydrogen) atoms. The molecule has 0 saturated carbocycles. The number of methoxy groups -OCH3 is 1.